The van der Waals surface area contributed by atoms with E-state index in [0.717, 1.165) is 53.7 Å². The van der Waals surface area contributed by atoms with E-state index in [1.807, 2.05) is 42.5 Å². The molecule has 0 spiro atoms. The zero-order valence-electron chi connectivity index (χ0n) is 18.7. The third kappa shape index (κ3) is 6.53. The van der Waals surface area contributed by atoms with Crippen LogP contribution < -0.4 is 5.32 Å². The van der Waals surface area contributed by atoms with Crippen molar-refractivity contribution in [2.45, 2.75) is 38.6 Å². The average molecular weight is 515 g/mol. The first-order chi connectivity index (χ1) is 16.5. The maximum absolute atomic E-state index is 12.1. The fourth-order valence-corrected chi connectivity index (χ4v) is 4.57. The Hall–Kier alpha value is -2.53. The number of aromatic nitrogens is 2. The number of amides is 1. The summed E-state index contributed by atoms with van der Waals surface area (Å²) < 4.78 is 2.23. The standard InChI is InChI=1S/C27H26Cl3N3O/c28-21-12-9-19(10-13-21)16-27(34)31-15-5-1-2-8-26-32-24-6-3-4-7-25(24)33(26)18-20-11-14-22(29)17-23(20)30/h3-4,6-7,9-14,17H,1-2,5,8,15-16,18H2,(H,31,34). The molecule has 0 aliphatic rings. The predicted octanol–water partition coefficient (Wildman–Crippen LogP) is 7.12. The number of aryl methyl sites for hydroxylation is 1. The lowest BCUT2D eigenvalue weighted by atomic mass is 10.1. The van der Waals surface area contributed by atoms with Crippen LogP contribution in [0.25, 0.3) is 11.0 Å². The summed E-state index contributed by atoms with van der Waals surface area (Å²) in [5.74, 6) is 1.07. The van der Waals surface area contributed by atoms with Gasteiger partial charge < -0.3 is 9.88 Å². The molecule has 0 aliphatic carbocycles. The van der Waals surface area contributed by atoms with Gasteiger partial charge in [0.25, 0.3) is 0 Å². The first-order valence-corrected chi connectivity index (χ1v) is 12.5. The highest BCUT2D eigenvalue weighted by atomic mass is 35.5. The highest BCUT2D eigenvalue weighted by Crippen LogP contribution is 2.25. The number of nitrogens with zero attached hydrogens (tertiary/aromatic N) is 2. The molecular weight excluding hydrogens is 489 g/mol. The maximum Gasteiger partial charge on any atom is 0.224 e. The van der Waals surface area contributed by atoms with Gasteiger partial charge in [0.1, 0.15) is 5.82 Å². The van der Waals surface area contributed by atoms with Crippen molar-refractivity contribution >= 4 is 51.7 Å². The molecule has 1 heterocycles. The highest BCUT2D eigenvalue weighted by Gasteiger charge is 2.12. The second-order valence-corrected chi connectivity index (χ2v) is 9.58. The third-order valence-corrected chi connectivity index (χ3v) is 6.59. The molecule has 4 rings (SSSR count). The van der Waals surface area contributed by atoms with Crippen LogP contribution in [0.5, 0.6) is 0 Å². The van der Waals surface area contributed by atoms with Gasteiger partial charge in [-0.2, -0.15) is 0 Å². The summed E-state index contributed by atoms with van der Waals surface area (Å²) in [4.78, 5) is 17.0. The Morgan fingerprint density at radius 1 is 0.882 bits per heavy atom. The van der Waals surface area contributed by atoms with Crippen molar-refractivity contribution in [3.8, 4) is 0 Å². The monoisotopic (exact) mass is 513 g/mol. The van der Waals surface area contributed by atoms with Crippen LogP contribution in [0.15, 0.2) is 66.7 Å². The van der Waals surface area contributed by atoms with Crippen LogP contribution in [0.2, 0.25) is 15.1 Å². The van der Waals surface area contributed by atoms with Crippen LogP contribution in [-0.2, 0) is 24.2 Å². The van der Waals surface area contributed by atoms with Crippen LogP contribution in [0.1, 0.15) is 36.2 Å². The van der Waals surface area contributed by atoms with Gasteiger partial charge in [0.05, 0.1) is 24.0 Å². The number of halogens is 3. The molecule has 0 saturated heterocycles. The second kappa shape index (κ2) is 11.7. The van der Waals surface area contributed by atoms with Crippen LogP contribution >= 0.6 is 34.8 Å². The number of carbonyl (C=O) groups is 1. The molecule has 176 valence electrons. The smallest absolute Gasteiger partial charge is 0.224 e. The zero-order chi connectivity index (χ0) is 23.9. The van der Waals surface area contributed by atoms with E-state index in [1.165, 1.54) is 0 Å². The molecule has 0 unspecified atom stereocenters. The van der Waals surface area contributed by atoms with E-state index in [1.54, 1.807) is 18.2 Å². The Morgan fingerprint density at radius 3 is 2.44 bits per heavy atom. The van der Waals surface area contributed by atoms with Gasteiger partial charge in [0.2, 0.25) is 5.91 Å². The lowest BCUT2D eigenvalue weighted by molar-refractivity contribution is -0.120. The van der Waals surface area contributed by atoms with E-state index >= 15 is 0 Å². The summed E-state index contributed by atoms with van der Waals surface area (Å²) >= 11 is 18.4. The fourth-order valence-electron chi connectivity index (χ4n) is 3.98. The van der Waals surface area contributed by atoms with Crippen LogP contribution in [0, 0.1) is 0 Å². The molecule has 0 fully saturated rings. The number of benzene rings is 3. The number of nitrogens with one attached hydrogen (secondary N) is 1. The molecule has 1 amide bonds. The van der Waals surface area contributed by atoms with Crippen molar-refractivity contribution in [1.29, 1.82) is 0 Å². The molecule has 0 bridgehead atoms. The predicted molar refractivity (Wildman–Crippen MR) is 141 cm³/mol. The molecule has 0 radical (unpaired) electrons. The summed E-state index contributed by atoms with van der Waals surface area (Å²) in [6.07, 6.45) is 4.15. The van der Waals surface area contributed by atoms with E-state index in [0.29, 0.717) is 34.6 Å². The number of carbonyl (C=O) groups excluding carboxylic acids is 1. The number of fused-ring (bicyclic) bond motifs is 1. The second-order valence-electron chi connectivity index (χ2n) is 8.30. The van der Waals surface area contributed by atoms with Crippen molar-refractivity contribution in [2.24, 2.45) is 0 Å². The Labute approximate surface area is 214 Å². The fraction of sp³-hybridized carbons (Fsp3) is 0.259. The van der Waals surface area contributed by atoms with E-state index < -0.39 is 0 Å². The average Bonchev–Trinajstić information content (AvgIpc) is 3.16. The SMILES string of the molecule is O=C(Cc1ccc(Cl)cc1)NCCCCCc1nc2ccccc2n1Cc1ccc(Cl)cc1Cl. The Bertz CT molecular complexity index is 1270. The van der Waals surface area contributed by atoms with Gasteiger partial charge in [-0.3, -0.25) is 4.79 Å². The van der Waals surface area contributed by atoms with E-state index in [2.05, 4.69) is 16.0 Å². The number of rotatable bonds is 10. The summed E-state index contributed by atoms with van der Waals surface area (Å²) in [6.45, 7) is 1.32. The third-order valence-electron chi connectivity index (χ3n) is 5.75. The Morgan fingerprint density at radius 2 is 1.65 bits per heavy atom. The molecule has 0 aliphatic heterocycles. The van der Waals surface area contributed by atoms with Gasteiger partial charge in [-0.05, 0) is 60.4 Å². The molecule has 0 atom stereocenters. The van der Waals surface area contributed by atoms with Crippen molar-refractivity contribution in [3.63, 3.8) is 0 Å². The molecule has 1 N–H and O–H groups in total. The highest BCUT2D eigenvalue weighted by molar-refractivity contribution is 6.35. The van der Waals surface area contributed by atoms with Crippen LogP contribution in [0.4, 0.5) is 0 Å². The van der Waals surface area contributed by atoms with Gasteiger partial charge in [-0.1, -0.05) is 71.6 Å². The first kappa shape index (κ1) is 24.6. The van der Waals surface area contributed by atoms with Gasteiger partial charge in [0.15, 0.2) is 0 Å². The summed E-state index contributed by atoms with van der Waals surface area (Å²) in [7, 11) is 0. The van der Waals surface area contributed by atoms with Gasteiger partial charge in [0, 0.05) is 28.0 Å². The molecule has 3 aromatic carbocycles. The summed E-state index contributed by atoms with van der Waals surface area (Å²) in [5, 5.41) is 4.96. The molecule has 4 aromatic rings. The largest absolute Gasteiger partial charge is 0.356 e. The normalized spacial score (nSPS) is 11.1. The summed E-state index contributed by atoms with van der Waals surface area (Å²) in [6, 6.07) is 21.1. The van der Waals surface area contributed by atoms with Gasteiger partial charge in [-0.25, -0.2) is 4.98 Å². The minimum Gasteiger partial charge on any atom is -0.356 e. The number of unbranched alkanes of at least 4 members (excludes halogenated alkanes) is 2. The number of hydrogen-bond donors (Lipinski definition) is 1. The molecule has 7 heteroatoms. The Kier molecular flexibility index (Phi) is 8.49. The van der Waals surface area contributed by atoms with E-state index in [-0.39, 0.29) is 5.91 Å². The summed E-state index contributed by atoms with van der Waals surface area (Å²) in [5.41, 5.74) is 4.05. The van der Waals surface area contributed by atoms with Crippen molar-refractivity contribution < 1.29 is 4.79 Å². The Balaban J connectivity index is 1.29. The molecule has 4 nitrogen and oxygen atoms in total. The molecular formula is C27H26Cl3N3O. The minimum atomic E-state index is 0.0314. The quantitative estimate of drug-likeness (QED) is 0.229. The molecule has 34 heavy (non-hydrogen) atoms. The van der Waals surface area contributed by atoms with Crippen LogP contribution in [0.3, 0.4) is 0 Å². The lowest BCUT2D eigenvalue weighted by Gasteiger charge is -2.11. The maximum atomic E-state index is 12.1. The van der Waals surface area contributed by atoms with E-state index in [4.69, 9.17) is 39.8 Å². The van der Waals surface area contributed by atoms with Crippen molar-refractivity contribution in [2.75, 3.05) is 6.54 Å². The van der Waals surface area contributed by atoms with Crippen molar-refractivity contribution in [1.82, 2.24) is 14.9 Å². The number of hydrogen-bond acceptors (Lipinski definition) is 2. The van der Waals surface area contributed by atoms with Gasteiger partial charge in [-0.15, -0.1) is 0 Å². The number of imidazole rings is 1. The number of para-hydroxylation sites is 2. The molecule has 0 saturated carbocycles. The van der Waals surface area contributed by atoms with Crippen LogP contribution in [-0.4, -0.2) is 22.0 Å². The van der Waals surface area contributed by atoms with Crippen molar-refractivity contribution in [3.05, 3.63) is 98.7 Å². The first-order valence-electron chi connectivity index (χ1n) is 11.4. The lowest BCUT2D eigenvalue weighted by Crippen LogP contribution is -2.26. The topological polar surface area (TPSA) is 46.9 Å². The minimum absolute atomic E-state index is 0.0314. The van der Waals surface area contributed by atoms with E-state index in [9.17, 15) is 4.79 Å². The zero-order valence-corrected chi connectivity index (χ0v) is 21.0. The molecule has 1 aromatic heterocycles. The van der Waals surface area contributed by atoms with Gasteiger partial charge >= 0.3 is 0 Å².